The van der Waals surface area contributed by atoms with Crippen LogP contribution in [0.15, 0.2) is 53.0 Å². The third-order valence-corrected chi connectivity index (χ3v) is 4.29. The number of benzene rings is 2. The van der Waals surface area contributed by atoms with Crippen LogP contribution < -0.4 is 10.2 Å². The molecule has 0 aliphatic carbocycles. The van der Waals surface area contributed by atoms with Crippen LogP contribution in [0.4, 0.5) is 11.4 Å². The number of halogens is 1. The molecule has 2 aromatic carbocycles. The summed E-state index contributed by atoms with van der Waals surface area (Å²) in [4.78, 5) is 25.6. The molecule has 5 heteroatoms. The van der Waals surface area contributed by atoms with Crippen molar-refractivity contribution < 1.29 is 9.59 Å². The molecule has 2 aromatic rings. The van der Waals surface area contributed by atoms with Gasteiger partial charge in [0.05, 0.1) is 6.42 Å². The highest BCUT2D eigenvalue weighted by atomic mass is 79.9. The van der Waals surface area contributed by atoms with Gasteiger partial charge in [-0.1, -0.05) is 34.1 Å². The maximum absolute atomic E-state index is 12.1. The minimum Gasteiger partial charge on any atom is -0.326 e. The van der Waals surface area contributed by atoms with E-state index in [9.17, 15) is 9.59 Å². The van der Waals surface area contributed by atoms with Gasteiger partial charge in [0.1, 0.15) is 0 Å². The number of nitrogens with zero attached hydrogens (tertiary/aromatic N) is 1. The first-order valence-electron chi connectivity index (χ1n) is 7.56. The van der Waals surface area contributed by atoms with Crippen LogP contribution in [0.5, 0.6) is 0 Å². The highest BCUT2D eigenvalue weighted by Gasteiger charge is 2.21. The smallest absolute Gasteiger partial charge is 0.228 e. The molecule has 118 valence electrons. The molecule has 1 saturated heterocycles. The van der Waals surface area contributed by atoms with E-state index >= 15 is 0 Å². The van der Waals surface area contributed by atoms with Gasteiger partial charge in [-0.15, -0.1) is 0 Å². The molecule has 0 atom stereocenters. The number of carbonyl (C=O) groups is 2. The summed E-state index contributed by atoms with van der Waals surface area (Å²) in [7, 11) is 0. The average Bonchev–Trinajstić information content (AvgIpc) is 2.94. The van der Waals surface area contributed by atoms with Crippen molar-refractivity contribution in [3.8, 4) is 0 Å². The maximum atomic E-state index is 12.1. The summed E-state index contributed by atoms with van der Waals surface area (Å²) >= 11 is 3.38. The number of anilines is 2. The topological polar surface area (TPSA) is 49.4 Å². The summed E-state index contributed by atoms with van der Waals surface area (Å²) in [5, 5.41) is 2.87. The van der Waals surface area contributed by atoms with E-state index < -0.39 is 0 Å². The van der Waals surface area contributed by atoms with Crippen LogP contribution >= 0.6 is 15.9 Å². The van der Waals surface area contributed by atoms with Crippen molar-refractivity contribution >= 4 is 39.1 Å². The molecule has 1 aliphatic rings. The van der Waals surface area contributed by atoms with Gasteiger partial charge in [0.25, 0.3) is 0 Å². The highest BCUT2D eigenvalue weighted by Crippen LogP contribution is 2.22. The molecular formula is C18H17BrN2O2. The van der Waals surface area contributed by atoms with Gasteiger partial charge in [0.2, 0.25) is 11.8 Å². The number of nitrogens with one attached hydrogen (secondary N) is 1. The Kier molecular flexibility index (Phi) is 4.76. The number of hydrogen-bond acceptors (Lipinski definition) is 2. The fourth-order valence-electron chi connectivity index (χ4n) is 2.67. The van der Waals surface area contributed by atoms with Crippen molar-refractivity contribution in [2.24, 2.45) is 0 Å². The summed E-state index contributed by atoms with van der Waals surface area (Å²) in [6, 6.07) is 15.1. The number of carbonyl (C=O) groups excluding carboxylic acids is 2. The minimum absolute atomic E-state index is 0.0619. The second-order valence-corrected chi connectivity index (χ2v) is 6.47. The van der Waals surface area contributed by atoms with E-state index in [-0.39, 0.29) is 11.8 Å². The van der Waals surface area contributed by atoms with Crippen LogP contribution in [0, 0.1) is 0 Å². The van der Waals surface area contributed by atoms with Crippen LogP contribution in [0.2, 0.25) is 0 Å². The van der Waals surface area contributed by atoms with Crippen molar-refractivity contribution in [1.29, 1.82) is 0 Å². The normalized spacial score (nSPS) is 14.1. The van der Waals surface area contributed by atoms with Crippen molar-refractivity contribution in [3.63, 3.8) is 0 Å². The summed E-state index contributed by atoms with van der Waals surface area (Å²) in [6.07, 6.45) is 1.84. The maximum Gasteiger partial charge on any atom is 0.228 e. The van der Waals surface area contributed by atoms with Gasteiger partial charge in [-0.05, 0) is 42.3 Å². The van der Waals surface area contributed by atoms with E-state index in [0.29, 0.717) is 12.8 Å². The van der Waals surface area contributed by atoms with E-state index in [4.69, 9.17) is 0 Å². The zero-order valence-electron chi connectivity index (χ0n) is 12.6. The second-order valence-electron chi connectivity index (χ2n) is 5.55. The van der Waals surface area contributed by atoms with Gasteiger partial charge in [-0.25, -0.2) is 0 Å². The Morgan fingerprint density at radius 2 is 1.96 bits per heavy atom. The molecule has 0 saturated carbocycles. The van der Waals surface area contributed by atoms with Crippen molar-refractivity contribution in [1.82, 2.24) is 0 Å². The first kappa shape index (κ1) is 15.7. The predicted octanol–water partition coefficient (Wildman–Crippen LogP) is 3.76. The molecule has 1 N–H and O–H groups in total. The molecule has 1 aliphatic heterocycles. The van der Waals surface area contributed by atoms with Crippen LogP contribution in [0.3, 0.4) is 0 Å². The lowest BCUT2D eigenvalue weighted by molar-refractivity contribution is -0.117. The Morgan fingerprint density at radius 1 is 1.17 bits per heavy atom. The summed E-state index contributed by atoms with van der Waals surface area (Å²) in [6.45, 7) is 0.779. The van der Waals surface area contributed by atoms with Gasteiger partial charge in [-0.3, -0.25) is 9.59 Å². The minimum atomic E-state index is -0.0619. The van der Waals surface area contributed by atoms with Crippen LogP contribution in [0.25, 0.3) is 0 Å². The average molecular weight is 373 g/mol. The van der Waals surface area contributed by atoms with E-state index in [1.807, 2.05) is 48.5 Å². The van der Waals surface area contributed by atoms with Crippen LogP contribution in [-0.2, 0) is 16.0 Å². The monoisotopic (exact) mass is 372 g/mol. The standard InChI is InChI=1S/C18H17BrN2O2/c19-14-3-1-4-15(12-14)20-17(22)11-13-6-8-16(9-7-13)21-10-2-5-18(21)23/h1,3-4,6-9,12H,2,5,10-11H2,(H,20,22). The molecule has 0 spiro atoms. The van der Waals surface area contributed by atoms with Crippen molar-refractivity contribution in [3.05, 3.63) is 58.6 Å². The Hall–Kier alpha value is -2.14. The first-order valence-corrected chi connectivity index (χ1v) is 8.36. The number of rotatable bonds is 4. The summed E-state index contributed by atoms with van der Waals surface area (Å²) in [5.74, 6) is 0.109. The number of hydrogen-bond donors (Lipinski definition) is 1. The zero-order chi connectivity index (χ0) is 16.2. The fraction of sp³-hybridized carbons (Fsp3) is 0.222. The largest absolute Gasteiger partial charge is 0.326 e. The molecule has 23 heavy (non-hydrogen) atoms. The zero-order valence-corrected chi connectivity index (χ0v) is 14.2. The van der Waals surface area contributed by atoms with E-state index in [0.717, 1.165) is 34.4 Å². The Labute approximate surface area is 143 Å². The van der Waals surface area contributed by atoms with Crippen LogP contribution in [-0.4, -0.2) is 18.4 Å². The molecule has 2 amide bonds. The molecular weight excluding hydrogens is 356 g/mol. The molecule has 1 fully saturated rings. The Bertz CT molecular complexity index is 728. The third kappa shape index (κ3) is 3.99. The number of amides is 2. The van der Waals surface area contributed by atoms with E-state index in [1.165, 1.54) is 0 Å². The molecule has 0 radical (unpaired) electrons. The van der Waals surface area contributed by atoms with Crippen LogP contribution in [0.1, 0.15) is 18.4 Å². The van der Waals surface area contributed by atoms with Crippen molar-refractivity contribution in [2.75, 3.05) is 16.8 Å². The molecule has 0 aromatic heterocycles. The third-order valence-electron chi connectivity index (χ3n) is 3.79. The highest BCUT2D eigenvalue weighted by molar-refractivity contribution is 9.10. The summed E-state index contributed by atoms with van der Waals surface area (Å²) < 4.78 is 0.926. The molecule has 0 bridgehead atoms. The molecule has 4 nitrogen and oxygen atoms in total. The first-order chi connectivity index (χ1) is 11.1. The van der Waals surface area contributed by atoms with Gasteiger partial charge in [0, 0.05) is 28.8 Å². The molecule has 3 rings (SSSR count). The summed E-state index contributed by atoms with van der Waals surface area (Å²) in [5.41, 5.74) is 2.60. The Morgan fingerprint density at radius 3 is 2.61 bits per heavy atom. The van der Waals surface area contributed by atoms with Crippen molar-refractivity contribution in [2.45, 2.75) is 19.3 Å². The second kappa shape index (κ2) is 6.96. The predicted molar refractivity (Wildman–Crippen MR) is 94.5 cm³/mol. The van der Waals surface area contributed by atoms with E-state index in [2.05, 4.69) is 21.2 Å². The van der Waals surface area contributed by atoms with Gasteiger partial charge in [-0.2, -0.15) is 0 Å². The van der Waals surface area contributed by atoms with Gasteiger partial charge >= 0.3 is 0 Å². The van der Waals surface area contributed by atoms with E-state index in [1.54, 1.807) is 4.90 Å². The van der Waals surface area contributed by atoms with Gasteiger partial charge in [0.15, 0.2) is 0 Å². The molecule has 1 heterocycles. The lowest BCUT2D eigenvalue weighted by atomic mass is 10.1. The Balaban J connectivity index is 1.61. The SMILES string of the molecule is O=C(Cc1ccc(N2CCCC2=O)cc1)Nc1cccc(Br)c1. The quantitative estimate of drug-likeness (QED) is 0.887. The fourth-order valence-corrected chi connectivity index (χ4v) is 3.07. The molecule has 0 unspecified atom stereocenters. The lowest BCUT2D eigenvalue weighted by Gasteiger charge is -2.15. The van der Waals surface area contributed by atoms with Gasteiger partial charge < -0.3 is 10.2 Å². The lowest BCUT2D eigenvalue weighted by Crippen LogP contribution is -2.23.